The largest absolute Gasteiger partial charge is 0.492 e. The van der Waals surface area contributed by atoms with E-state index in [1.54, 1.807) is 19.1 Å². The number of allylic oxidation sites excluding steroid dienone is 3. The second-order valence-corrected chi connectivity index (χ2v) is 9.17. The first-order chi connectivity index (χ1) is 14.4. The predicted molar refractivity (Wildman–Crippen MR) is 109 cm³/mol. The third-order valence-corrected chi connectivity index (χ3v) is 6.84. The van der Waals surface area contributed by atoms with Crippen LogP contribution in [0.25, 0.3) is 0 Å². The zero-order chi connectivity index (χ0) is 23.4. The van der Waals surface area contributed by atoms with Gasteiger partial charge in [0.15, 0.2) is 6.17 Å². The van der Waals surface area contributed by atoms with Crippen LogP contribution in [0.1, 0.15) is 65.7 Å². The molecular weight excluding hydrogens is 416 g/mol. The van der Waals surface area contributed by atoms with Gasteiger partial charge in [-0.3, -0.25) is 4.79 Å². The number of alkyl halides is 4. The van der Waals surface area contributed by atoms with E-state index in [-0.39, 0.29) is 36.5 Å². The normalized spacial score (nSPS) is 32.8. The van der Waals surface area contributed by atoms with Gasteiger partial charge in [0.1, 0.15) is 11.9 Å². The number of unbranched alkanes of at least 4 members (excludes halogenated alkanes) is 2. The number of aliphatic hydroxyl groups excluding tert-OH is 1. The first-order valence-corrected chi connectivity index (χ1v) is 11.1. The molecule has 0 radical (unpaired) electrons. The number of halogens is 4. The van der Waals surface area contributed by atoms with Crippen molar-refractivity contribution < 1.29 is 37.3 Å². The van der Waals surface area contributed by atoms with Crippen LogP contribution in [0.2, 0.25) is 0 Å². The maximum atomic E-state index is 15.1. The van der Waals surface area contributed by atoms with E-state index >= 15 is 4.39 Å². The van der Waals surface area contributed by atoms with E-state index in [0.29, 0.717) is 32.1 Å². The molecule has 1 saturated heterocycles. The molecule has 0 aromatic carbocycles. The highest BCUT2D eigenvalue weighted by atomic mass is 19.4. The van der Waals surface area contributed by atoms with Crippen molar-refractivity contribution >= 4 is 5.97 Å². The average molecular weight is 451 g/mol. The first-order valence-electron chi connectivity index (χ1n) is 11.1. The summed E-state index contributed by atoms with van der Waals surface area (Å²) in [5.41, 5.74) is -2.25. The summed E-state index contributed by atoms with van der Waals surface area (Å²) in [6.45, 7) is 4.74. The van der Waals surface area contributed by atoms with Crippen LogP contribution in [0.4, 0.5) is 17.6 Å². The summed E-state index contributed by atoms with van der Waals surface area (Å²) in [5.74, 6) is -1.57. The Morgan fingerprint density at radius 2 is 2.00 bits per heavy atom. The minimum Gasteiger partial charge on any atom is -0.492 e. The van der Waals surface area contributed by atoms with E-state index in [2.05, 4.69) is 0 Å². The topological polar surface area (TPSA) is 66.8 Å². The molecule has 2 N–H and O–H groups in total. The quantitative estimate of drug-likeness (QED) is 0.250. The van der Waals surface area contributed by atoms with E-state index in [1.807, 2.05) is 6.92 Å². The fraction of sp³-hybridized carbons (Fsp3) is 0.783. The monoisotopic (exact) mass is 450 g/mol. The van der Waals surface area contributed by atoms with E-state index in [0.717, 1.165) is 6.92 Å². The summed E-state index contributed by atoms with van der Waals surface area (Å²) < 4.78 is 61.8. The summed E-state index contributed by atoms with van der Waals surface area (Å²) in [6.07, 6.45) is -1.61. The van der Waals surface area contributed by atoms with Crippen LogP contribution in [-0.4, -0.2) is 40.7 Å². The molecule has 0 aromatic heterocycles. The Kier molecular flexibility index (Phi) is 8.59. The zero-order valence-electron chi connectivity index (χ0n) is 18.4. The third-order valence-electron chi connectivity index (χ3n) is 6.84. The molecule has 4 nitrogen and oxygen atoms in total. The molecule has 2 rings (SSSR count). The van der Waals surface area contributed by atoms with Crippen LogP contribution in [0, 0.1) is 23.2 Å². The third kappa shape index (κ3) is 5.82. The van der Waals surface area contributed by atoms with Crippen molar-refractivity contribution in [1.82, 2.24) is 0 Å². The number of aliphatic carboxylic acids is 1. The summed E-state index contributed by atoms with van der Waals surface area (Å²) >= 11 is 0. The molecule has 1 aliphatic carbocycles. The second-order valence-electron chi connectivity index (χ2n) is 9.17. The van der Waals surface area contributed by atoms with Crippen molar-refractivity contribution in [3.8, 4) is 0 Å². The Hall–Kier alpha value is -1.57. The lowest BCUT2D eigenvalue weighted by Crippen LogP contribution is -2.44. The van der Waals surface area contributed by atoms with Crippen molar-refractivity contribution in [2.75, 3.05) is 0 Å². The Balaban J connectivity index is 2.11. The van der Waals surface area contributed by atoms with Gasteiger partial charge in [-0.25, -0.2) is 4.39 Å². The Morgan fingerprint density at radius 3 is 2.58 bits per heavy atom. The standard InChI is InChI=1S/C23H34F4O4/c1-4-5-12-22(3,23(25,26)27)18(28)11-10-15-14(2)13-17-20(15)21(24)16(31-17)8-6-7-9-19(29)30/h8,10-11,14-15,17-18,20-21,28H,4-7,9,12-13H2,1-3H3,(H,29,30)/b11-10+,16-8-/t14-,15+,17+,18-,20-,21?,22?/m1/s1. The minimum absolute atomic E-state index is 0.0100. The van der Waals surface area contributed by atoms with Crippen LogP contribution < -0.4 is 0 Å². The van der Waals surface area contributed by atoms with Gasteiger partial charge in [0, 0.05) is 12.3 Å². The van der Waals surface area contributed by atoms with Gasteiger partial charge in [-0.1, -0.05) is 38.8 Å². The van der Waals surface area contributed by atoms with E-state index in [4.69, 9.17) is 9.84 Å². The lowest BCUT2D eigenvalue weighted by atomic mass is 9.77. The number of carbonyl (C=O) groups is 1. The molecule has 2 fully saturated rings. The summed E-state index contributed by atoms with van der Waals surface area (Å²) in [6, 6.07) is 0. The highest BCUT2D eigenvalue weighted by Crippen LogP contribution is 2.50. The van der Waals surface area contributed by atoms with Gasteiger partial charge < -0.3 is 14.9 Å². The van der Waals surface area contributed by atoms with Crippen LogP contribution in [0.5, 0.6) is 0 Å². The SMILES string of the molecule is CCCCC(C)([C@H](O)/C=C/[C@@H]1[C@H]2C(F)/C(=C/CCCC(=O)O)O[C@H]2C[C@H]1C)C(F)(F)F. The van der Waals surface area contributed by atoms with Crippen LogP contribution in [0.15, 0.2) is 24.0 Å². The minimum atomic E-state index is -4.55. The van der Waals surface area contributed by atoms with Crippen molar-refractivity contribution in [3.63, 3.8) is 0 Å². The van der Waals surface area contributed by atoms with Gasteiger partial charge in [0.25, 0.3) is 0 Å². The van der Waals surface area contributed by atoms with Gasteiger partial charge in [-0.05, 0) is 50.5 Å². The summed E-state index contributed by atoms with van der Waals surface area (Å²) in [5, 5.41) is 19.1. The Bertz CT molecular complexity index is 675. The summed E-state index contributed by atoms with van der Waals surface area (Å²) in [4.78, 5) is 10.6. The molecule has 2 unspecified atom stereocenters. The molecule has 0 aromatic rings. The van der Waals surface area contributed by atoms with E-state index in [1.165, 1.54) is 6.08 Å². The van der Waals surface area contributed by atoms with Crippen LogP contribution in [0.3, 0.4) is 0 Å². The number of hydrogen-bond acceptors (Lipinski definition) is 3. The van der Waals surface area contributed by atoms with Crippen LogP contribution in [-0.2, 0) is 9.53 Å². The molecule has 0 bridgehead atoms. The number of aliphatic hydroxyl groups is 1. The van der Waals surface area contributed by atoms with E-state index in [9.17, 15) is 23.1 Å². The molecule has 31 heavy (non-hydrogen) atoms. The maximum absolute atomic E-state index is 15.1. The molecule has 7 atom stereocenters. The smallest absolute Gasteiger partial charge is 0.397 e. The van der Waals surface area contributed by atoms with Crippen molar-refractivity contribution in [2.24, 2.45) is 23.2 Å². The van der Waals surface area contributed by atoms with E-state index < -0.39 is 35.8 Å². The molecule has 8 heteroatoms. The predicted octanol–water partition coefficient (Wildman–Crippen LogP) is 5.81. The molecule has 0 amide bonds. The molecule has 1 saturated carbocycles. The average Bonchev–Trinajstić information content (AvgIpc) is 3.14. The highest BCUT2D eigenvalue weighted by Gasteiger charge is 2.55. The number of carboxylic acid groups (broad SMARTS) is 1. The number of fused-ring (bicyclic) bond motifs is 1. The fourth-order valence-corrected chi connectivity index (χ4v) is 4.67. The molecule has 178 valence electrons. The van der Waals surface area contributed by atoms with Gasteiger partial charge in [0.2, 0.25) is 0 Å². The first kappa shape index (κ1) is 25.7. The lowest BCUT2D eigenvalue weighted by molar-refractivity contribution is -0.244. The van der Waals surface area contributed by atoms with Gasteiger partial charge in [-0.15, -0.1) is 0 Å². The van der Waals surface area contributed by atoms with Crippen molar-refractivity contribution in [2.45, 2.75) is 90.3 Å². The van der Waals surface area contributed by atoms with Gasteiger partial charge in [0.05, 0.1) is 11.5 Å². The van der Waals surface area contributed by atoms with Gasteiger partial charge in [-0.2, -0.15) is 13.2 Å². The van der Waals surface area contributed by atoms with Crippen molar-refractivity contribution in [3.05, 3.63) is 24.0 Å². The second kappa shape index (κ2) is 10.4. The Morgan fingerprint density at radius 1 is 1.32 bits per heavy atom. The molecular formula is C23H34F4O4. The highest BCUT2D eigenvalue weighted by molar-refractivity contribution is 5.66. The lowest BCUT2D eigenvalue weighted by Gasteiger charge is -2.35. The van der Waals surface area contributed by atoms with Crippen LogP contribution >= 0.6 is 0 Å². The molecule has 0 spiro atoms. The fourth-order valence-electron chi connectivity index (χ4n) is 4.67. The zero-order valence-corrected chi connectivity index (χ0v) is 18.4. The number of carboxylic acids is 1. The van der Waals surface area contributed by atoms with Crippen molar-refractivity contribution in [1.29, 1.82) is 0 Å². The molecule has 2 aliphatic rings. The molecule has 1 aliphatic heterocycles. The van der Waals surface area contributed by atoms with Gasteiger partial charge >= 0.3 is 12.1 Å². The Labute approximate surface area is 181 Å². The maximum Gasteiger partial charge on any atom is 0.397 e. The number of rotatable bonds is 10. The molecule has 1 heterocycles. The number of ether oxygens (including phenoxy) is 1. The summed E-state index contributed by atoms with van der Waals surface area (Å²) in [7, 11) is 0. The number of hydrogen-bond donors (Lipinski definition) is 2.